The van der Waals surface area contributed by atoms with Gasteiger partial charge in [0, 0.05) is 47.4 Å². The van der Waals surface area contributed by atoms with Gasteiger partial charge in [-0.05, 0) is 62.1 Å². The van der Waals surface area contributed by atoms with Crippen molar-refractivity contribution >= 4 is 17.3 Å². The van der Waals surface area contributed by atoms with Gasteiger partial charge in [-0.1, -0.05) is 0 Å². The number of nitrogens with two attached hydrogens (primary N) is 2. The molecule has 1 aliphatic carbocycles. The van der Waals surface area contributed by atoms with Crippen LogP contribution < -0.4 is 16.2 Å². The van der Waals surface area contributed by atoms with Gasteiger partial charge in [-0.25, -0.2) is 9.37 Å². The van der Waals surface area contributed by atoms with Crippen molar-refractivity contribution < 1.29 is 13.9 Å². The highest BCUT2D eigenvalue weighted by Gasteiger charge is 2.28. The largest absolute Gasteiger partial charge is 0.482 e. The highest BCUT2D eigenvalue weighted by Crippen LogP contribution is 2.36. The molecule has 0 radical (unpaired) electrons. The van der Waals surface area contributed by atoms with E-state index in [1.54, 1.807) is 43.6 Å². The fraction of sp³-hybridized carbons (Fsp3) is 0.231. The average Bonchev–Trinajstić information content (AvgIpc) is 3.67. The fourth-order valence-corrected chi connectivity index (χ4v) is 4.08. The molecule has 0 amide bonds. The number of nitrogen functional groups attached to an aromatic ring is 1. The number of benzene rings is 1. The highest BCUT2D eigenvalue weighted by atomic mass is 19.1. The SMILES string of the molecule is C[C@H]1Oc2cc(cnc2N)C(=NCC2CC2)/C(=C\N)C(=O)c2cccnc2-c2ccc(F)cc21. The minimum Gasteiger partial charge on any atom is -0.482 e. The molecule has 2 bridgehead atoms. The summed E-state index contributed by atoms with van der Waals surface area (Å²) in [6.45, 7) is 2.37. The summed E-state index contributed by atoms with van der Waals surface area (Å²) in [5, 5.41) is 0. The summed E-state index contributed by atoms with van der Waals surface area (Å²) in [6.07, 6.45) is 6.03. The molecule has 5 rings (SSSR count). The molecule has 1 saturated carbocycles. The number of anilines is 1. The predicted octanol–water partition coefficient (Wildman–Crippen LogP) is 4.24. The van der Waals surface area contributed by atoms with Crippen molar-refractivity contribution in [2.75, 3.05) is 12.3 Å². The molecule has 3 aromatic rings. The van der Waals surface area contributed by atoms with Crippen LogP contribution in [-0.4, -0.2) is 28.0 Å². The lowest BCUT2D eigenvalue weighted by atomic mass is 9.90. The first kappa shape index (κ1) is 21.8. The number of hydrogen-bond acceptors (Lipinski definition) is 7. The smallest absolute Gasteiger partial charge is 0.198 e. The van der Waals surface area contributed by atoms with E-state index in [9.17, 15) is 9.18 Å². The van der Waals surface area contributed by atoms with Crippen LogP contribution in [0.3, 0.4) is 0 Å². The molecule has 0 spiro atoms. The molecule has 1 aromatic carbocycles. The van der Waals surface area contributed by atoms with Crippen LogP contribution in [0.4, 0.5) is 10.2 Å². The number of halogens is 1. The number of ketones is 1. The third kappa shape index (κ3) is 4.03. The number of aliphatic imine (C=N–C) groups is 1. The number of carbonyl (C=O) groups excluding carboxylic acids is 1. The number of rotatable bonds is 2. The van der Waals surface area contributed by atoms with E-state index in [1.807, 2.05) is 0 Å². The molecule has 1 fully saturated rings. The summed E-state index contributed by atoms with van der Waals surface area (Å²) in [5.74, 6) is 0.224. The average molecular weight is 458 g/mol. The van der Waals surface area contributed by atoms with Gasteiger partial charge in [0.05, 0.1) is 17.0 Å². The van der Waals surface area contributed by atoms with Crippen LogP contribution >= 0.6 is 0 Å². The second-order valence-corrected chi connectivity index (χ2v) is 8.54. The Morgan fingerprint density at radius 2 is 2.03 bits per heavy atom. The van der Waals surface area contributed by atoms with Crippen molar-refractivity contribution in [3.05, 3.63) is 83.1 Å². The van der Waals surface area contributed by atoms with Crippen molar-refractivity contribution in [3.8, 4) is 17.0 Å². The molecule has 7 nitrogen and oxygen atoms in total. The Morgan fingerprint density at radius 1 is 1.21 bits per heavy atom. The van der Waals surface area contributed by atoms with Gasteiger partial charge in [-0.2, -0.15) is 0 Å². The number of fused-ring (bicyclic) bond motifs is 5. The minimum atomic E-state index is -0.606. The lowest BCUT2D eigenvalue weighted by molar-refractivity contribution is 0.104. The normalized spacial score (nSPS) is 20.2. The van der Waals surface area contributed by atoms with Gasteiger partial charge in [-0.15, -0.1) is 0 Å². The molecule has 34 heavy (non-hydrogen) atoms. The van der Waals surface area contributed by atoms with E-state index in [0.29, 0.717) is 51.9 Å². The van der Waals surface area contributed by atoms with Gasteiger partial charge in [0.2, 0.25) is 0 Å². The number of aromatic nitrogens is 2. The Morgan fingerprint density at radius 3 is 2.79 bits per heavy atom. The van der Waals surface area contributed by atoms with Crippen LogP contribution in [0.5, 0.6) is 5.75 Å². The Hall–Kier alpha value is -4.07. The van der Waals surface area contributed by atoms with Crippen LogP contribution in [-0.2, 0) is 0 Å². The summed E-state index contributed by atoms with van der Waals surface area (Å²) in [5.41, 5.74) is 15.2. The molecule has 3 heterocycles. The Bertz CT molecular complexity index is 1350. The van der Waals surface area contributed by atoms with Gasteiger partial charge in [0.25, 0.3) is 0 Å². The second kappa shape index (κ2) is 8.70. The molecular weight excluding hydrogens is 433 g/mol. The van der Waals surface area contributed by atoms with E-state index in [1.165, 1.54) is 18.3 Å². The van der Waals surface area contributed by atoms with E-state index in [2.05, 4.69) is 9.97 Å². The molecule has 1 aliphatic heterocycles. The highest BCUT2D eigenvalue weighted by molar-refractivity contribution is 6.33. The van der Waals surface area contributed by atoms with Gasteiger partial charge in [0.1, 0.15) is 11.9 Å². The zero-order valence-electron chi connectivity index (χ0n) is 18.7. The predicted molar refractivity (Wildman–Crippen MR) is 128 cm³/mol. The first-order valence-electron chi connectivity index (χ1n) is 11.1. The Kier molecular flexibility index (Phi) is 5.57. The number of ether oxygens (including phenoxy) is 1. The maximum atomic E-state index is 14.3. The molecule has 2 aliphatic rings. The topological polar surface area (TPSA) is 116 Å². The lowest BCUT2D eigenvalue weighted by Gasteiger charge is -2.22. The van der Waals surface area contributed by atoms with E-state index in [0.717, 1.165) is 12.8 Å². The molecule has 1 atom stereocenters. The Labute approximate surface area is 196 Å². The van der Waals surface area contributed by atoms with E-state index >= 15 is 0 Å². The van der Waals surface area contributed by atoms with Crippen molar-refractivity contribution in [2.45, 2.75) is 25.9 Å². The first-order chi connectivity index (χ1) is 16.5. The third-order valence-electron chi connectivity index (χ3n) is 6.09. The summed E-state index contributed by atoms with van der Waals surface area (Å²) in [7, 11) is 0. The van der Waals surface area contributed by atoms with E-state index < -0.39 is 11.9 Å². The maximum Gasteiger partial charge on any atom is 0.198 e. The molecule has 2 aromatic heterocycles. The fourth-order valence-electron chi connectivity index (χ4n) is 4.08. The number of nitrogens with zero attached hydrogens (tertiary/aromatic N) is 3. The van der Waals surface area contributed by atoms with Gasteiger partial charge >= 0.3 is 0 Å². The summed E-state index contributed by atoms with van der Waals surface area (Å²) in [6, 6.07) is 9.38. The van der Waals surface area contributed by atoms with Crippen LogP contribution in [0.2, 0.25) is 0 Å². The van der Waals surface area contributed by atoms with Gasteiger partial charge in [0.15, 0.2) is 17.4 Å². The Balaban J connectivity index is 1.78. The monoisotopic (exact) mass is 457 g/mol. The standard InChI is InChI=1S/C26H24FN5O2/c1-14-20-10-17(27)6-7-18(20)24-19(3-2-8-30-24)25(33)21(11-28)23(31-12-15-4-5-15)16-9-22(34-14)26(29)32-13-16/h2-3,6-11,13-15H,4-5,12,28H2,1H3,(H2,29,32)/b21-11+,31-23?/t14-/m1/s1. The minimum absolute atomic E-state index is 0.176. The molecule has 0 saturated heterocycles. The summed E-state index contributed by atoms with van der Waals surface area (Å²) >= 11 is 0. The molecule has 8 heteroatoms. The summed E-state index contributed by atoms with van der Waals surface area (Å²) in [4.78, 5) is 27.4. The van der Waals surface area contributed by atoms with Crippen LogP contribution in [0.1, 0.15) is 47.4 Å². The number of allylic oxidation sites excluding steroid dienone is 1. The zero-order chi connectivity index (χ0) is 23.8. The molecule has 0 unspecified atom stereocenters. The van der Waals surface area contributed by atoms with Crippen LogP contribution in [0.25, 0.3) is 11.3 Å². The quantitative estimate of drug-likeness (QED) is 0.556. The molecule has 4 N–H and O–H groups in total. The van der Waals surface area contributed by atoms with E-state index in [-0.39, 0.29) is 17.2 Å². The number of Topliss-reactive ketones (excluding diaryl/α,β-unsaturated/α-hetero) is 1. The number of carbonyl (C=O) groups is 1. The molecular formula is C26H24FN5O2. The maximum absolute atomic E-state index is 14.3. The zero-order valence-corrected chi connectivity index (χ0v) is 18.7. The summed E-state index contributed by atoms with van der Waals surface area (Å²) < 4.78 is 20.4. The van der Waals surface area contributed by atoms with Crippen LogP contribution in [0, 0.1) is 11.7 Å². The van der Waals surface area contributed by atoms with Crippen molar-refractivity contribution in [1.29, 1.82) is 0 Å². The van der Waals surface area contributed by atoms with E-state index in [4.69, 9.17) is 21.2 Å². The lowest BCUT2D eigenvalue weighted by Crippen LogP contribution is -2.20. The number of hydrogen-bond donors (Lipinski definition) is 2. The van der Waals surface area contributed by atoms with Gasteiger partial charge in [-0.3, -0.25) is 14.8 Å². The van der Waals surface area contributed by atoms with Crippen molar-refractivity contribution in [3.63, 3.8) is 0 Å². The van der Waals surface area contributed by atoms with Crippen LogP contribution in [0.15, 0.2) is 65.6 Å². The van der Waals surface area contributed by atoms with Gasteiger partial charge < -0.3 is 16.2 Å². The van der Waals surface area contributed by atoms with Crippen molar-refractivity contribution in [1.82, 2.24) is 9.97 Å². The second-order valence-electron chi connectivity index (χ2n) is 8.54. The third-order valence-corrected chi connectivity index (χ3v) is 6.09. The van der Waals surface area contributed by atoms with Crippen molar-refractivity contribution in [2.24, 2.45) is 16.6 Å². The number of pyridine rings is 2. The first-order valence-corrected chi connectivity index (χ1v) is 11.1. The molecule has 172 valence electrons.